The van der Waals surface area contributed by atoms with Crippen LogP contribution >= 0.6 is 0 Å². The van der Waals surface area contributed by atoms with Crippen LogP contribution in [-0.2, 0) is 18.9 Å². The molecule has 0 unspecified atom stereocenters. The largest absolute Gasteiger partial charge is 0.487 e. The van der Waals surface area contributed by atoms with Crippen LogP contribution in [0.1, 0.15) is 25.0 Å². The second-order valence-electron chi connectivity index (χ2n) is 12.8. The molecule has 2 aliphatic heterocycles. The lowest BCUT2D eigenvalue weighted by atomic mass is 10.1. The molecule has 58 heavy (non-hydrogen) atoms. The van der Waals surface area contributed by atoms with Crippen molar-refractivity contribution in [2.45, 2.75) is 13.8 Å². The van der Waals surface area contributed by atoms with E-state index in [9.17, 15) is 0 Å². The molecule has 0 atom stereocenters. The molecule has 0 spiro atoms. The molecule has 0 aliphatic carbocycles. The molecule has 6 rings (SSSR count). The van der Waals surface area contributed by atoms with Crippen LogP contribution in [0.2, 0.25) is 0 Å². The number of ether oxygens (including phenoxy) is 12. The van der Waals surface area contributed by atoms with Gasteiger partial charge in [0.25, 0.3) is 0 Å². The first-order chi connectivity index (χ1) is 28.6. The Labute approximate surface area is 339 Å². The Balaban J connectivity index is 1.07. The van der Waals surface area contributed by atoms with Crippen LogP contribution in [0.3, 0.4) is 0 Å². The van der Waals surface area contributed by atoms with Crippen molar-refractivity contribution in [3.05, 3.63) is 96.1 Å². The van der Waals surface area contributed by atoms with E-state index in [1.165, 1.54) is 0 Å². The molecule has 14 nitrogen and oxygen atoms in total. The molecule has 0 N–H and O–H groups in total. The fourth-order valence-corrected chi connectivity index (χ4v) is 5.67. The van der Waals surface area contributed by atoms with Crippen molar-refractivity contribution in [3.8, 4) is 46.0 Å². The normalized spacial score (nSPS) is 17.4. The minimum Gasteiger partial charge on any atom is -0.487 e. The van der Waals surface area contributed by atoms with Gasteiger partial charge in [-0.3, -0.25) is 0 Å². The van der Waals surface area contributed by atoms with Gasteiger partial charge < -0.3 is 56.8 Å². The molecule has 4 aromatic rings. The summed E-state index contributed by atoms with van der Waals surface area (Å²) in [7, 11) is 0. The van der Waals surface area contributed by atoms with Gasteiger partial charge >= 0.3 is 0 Å². The molecule has 2 heterocycles. The van der Waals surface area contributed by atoms with Gasteiger partial charge in [0.1, 0.15) is 52.9 Å². The number of hydrogen-bond acceptors (Lipinski definition) is 14. The zero-order chi connectivity index (χ0) is 40.0. The smallest absolute Gasteiger partial charge is 0.161 e. The van der Waals surface area contributed by atoms with Gasteiger partial charge in [0.2, 0.25) is 0 Å². The quantitative estimate of drug-likeness (QED) is 0.167. The van der Waals surface area contributed by atoms with E-state index in [1.807, 2.05) is 98.8 Å². The van der Waals surface area contributed by atoms with E-state index < -0.39 is 0 Å². The Bertz CT molecular complexity index is 1780. The van der Waals surface area contributed by atoms with E-state index >= 15 is 0 Å². The Hall–Kier alpha value is -5.54. The van der Waals surface area contributed by atoms with Crippen molar-refractivity contribution in [2.75, 3.05) is 106 Å². The molecular formula is C44H52N2O12. The highest BCUT2D eigenvalue weighted by Gasteiger charge is 2.13. The summed E-state index contributed by atoms with van der Waals surface area (Å²) in [6, 6.07) is 26.4. The van der Waals surface area contributed by atoms with E-state index in [-0.39, 0.29) is 0 Å². The Morgan fingerprint density at radius 3 is 0.828 bits per heavy atom. The average Bonchev–Trinajstić information content (AvgIpc) is 3.25. The van der Waals surface area contributed by atoms with Crippen LogP contribution in [0.5, 0.6) is 46.0 Å². The molecule has 2 aliphatic rings. The van der Waals surface area contributed by atoms with Gasteiger partial charge in [-0.05, 0) is 74.5 Å². The minimum atomic E-state index is 0.311. The minimum absolute atomic E-state index is 0.311. The molecule has 4 aromatic carbocycles. The van der Waals surface area contributed by atoms with Crippen molar-refractivity contribution < 1.29 is 56.8 Å². The van der Waals surface area contributed by atoms with Gasteiger partial charge in [0, 0.05) is 11.1 Å². The fraction of sp³-hybridized carbons (Fsp3) is 0.409. The molecule has 310 valence electrons. The van der Waals surface area contributed by atoms with E-state index in [0.29, 0.717) is 163 Å². The topological polar surface area (TPSA) is 135 Å². The highest BCUT2D eigenvalue weighted by molar-refractivity contribution is 6.02. The average molecular weight is 801 g/mol. The SMILES string of the molecule is CC(=NN=C(C)c1ccc2c(c1)OCCOCCOc1ccccc1OCCOCCO2)c1ccc2c(c1)OCCOCCOc1ccccc1OCCOCCO2. The van der Waals surface area contributed by atoms with Crippen LogP contribution in [0, 0.1) is 0 Å². The predicted octanol–water partition coefficient (Wildman–Crippen LogP) is 6.44. The highest BCUT2D eigenvalue weighted by atomic mass is 16.6. The van der Waals surface area contributed by atoms with Crippen LogP contribution in [-0.4, -0.2) is 117 Å². The molecule has 0 radical (unpaired) electrons. The van der Waals surface area contributed by atoms with Gasteiger partial charge in [-0.25, -0.2) is 0 Å². The van der Waals surface area contributed by atoms with Gasteiger partial charge in [0.05, 0.1) is 64.3 Å². The predicted molar refractivity (Wildman–Crippen MR) is 217 cm³/mol. The maximum Gasteiger partial charge on any atom is 0.161 e. The summed E-state index contributed by atoms with van der Waals surface area (Å²) in [6.45, 7) is 9.64. The molecule has 0 fully saturated rings. The summed E-state index contributed by atoms with van der Waals surface area (Å²) in [6.07, 6.45) is 0. The molecule has 0 aromatic heterocycles. The van der Waals surface area contributed by atoms with E-state index in [0.717, 1.165) is 11.1 Å². The van der Waals surface area contributed by atoms with Crippen molar-refractivity contribution in [1.82, 2.24) is 0 Å². The summed E-state index contributed by atoms with van der Waals surface area (Å²) in [4.78, 5) is 0. The number of nitrogens with zero attached hydrogens (tertiary/aromatic N) is 2. The first-order valence-corrected chi connectivity index (χ1v) is 19.5. The third-order valence-electron chi connectivity index (χ3n) is 8.65. The standard InChI is InChI=1S/C44H52N2O12/c1-33(35-11-13-41-43(31-35)57-29-21-49-17-25-53-39-9-5-3-7-37(39)51-23-15-47-19-27-55-41)45-46-34(2)36-12-14-42-44(32-36)58-30-22-50-18-26-54-40-10-6-4-8-38(40)52-24-16-48-20-28-56-42/h3-14,31-32H,15-30H2,1-2H3. The number of para-hydroxylation sites is 4. The first kappa shape index (κ1) is 42.1. The summed E-state index contributed by atoms with van der Waals surface area (Å²) >= 11 is 0. The molecule has 0 saturated heterocycles. The van der Waals surface area contributed by atoms with Crippen molar-refractivity contribution in [3.63, 3.8) is 0 Å². The summed E-state index contributed by atoms with van der Waals surface area (Å²) < 4.78 is 70.8. The van der Waals surface area contributed by atoms with Crippen LogP contribution in [0.15, 0.2) is 95.1 Å². The lowest BCUT2D eigenvalue weighted by Gasteiger charge is -2.16. The molecule has 0 amide bonds. The zero-order valence-corrected chi connectivity index (χ0v) is 33.2. The van der Waals surface area contributed by atoms with Crippen molar-refractivity contribution in [1.29, 1.82) is 0 Å². The third kappa shape index (κ3) is 13.5. The summed E-state index contributed by atoms with van der Waals surface area (Å²) in [5, 5.41) is 9.13. The molecular weight excluding hydrogens is 748 g/mol. The van der Waals surface area contributed by atoms with Gasteiger partial charge in [-0.15, -0.1) is 0 Å². The number of hydrogen-bond donors (Lipinski definition) is 0. The maximum absolute atomic E-state index is 6.13. The Kier molecular flexibility index (Phi) is 17.1. The maximum atomic E-state index is 6.13. The van der Waals surface area contributed by atoms with Crippen molar-refractivity contribution in [2.24, 2.45) is 10.2 Å². The Morgan fingerprint density at radius 1 is 0.310 bits per heavy atom. The zero-order valence-electron chi connectivity index (χ0n) is 33.2. The molecule has 14 heteroatoms. The van der Waals surface area contributed by atoms with Gasteiger partial charge in [-0.2, -0.15) is 10.2 Å². The van der Waals surface area contributed by atoms with E-state index in [2.05, 4.69) is 10.2 Å². The monoisotopic (exact) mass is 800 g/mol. The van der Waals surface area contributed by atoms with Crippen LogP contribution in [0.4, 0.5) is 0 Å². The number of benzene rings is 4. The lowest BCUT2D eigenvalue weighted by Crippen LogP contribution is -2.15. The highest BCUT2D eigenvalue weighted by Crippen LogP contribution is 2.31. The summed E-state index contributed by atoms with van der Waals surface area (Å²) in [5.74, 6) is 4.94. The lowest BCUT2D eigenvalue weighted by molar-refractivity contribution is 0.0640. The van der Waals surface area contributed by atoms with Crippen LogP contribution in [0.25, 0.3) is 0 Å². The molecule has 0 saturated carbocycles. The van der Waals surface area contributed by atoms with Crippen molar-refractivity contribution >= 4 is 11.4 Å². The van der Waals surface area contributed by atoms with Gasteiger partial charge in [-0.1, -0.05) is 24.3 Å². The van der Waals surface area contributed by atoms with Crippen LogP contribution < -0.4 is 37.9 Å². The number of fused-ring (bicyclic) bond motifs is 4. The first-order valence-electron chi connectivity index (χ1n) is 19.5. The second kappa shape index (κ2) is 23.6. The fourth-order valence-electron chi connectivity index (χ4n) is 5.67. The van der Waals surface area contributed by atoms with Gasteiger partial charge in [0.15, 0.2) is 46.0 Å². The third-order valence-corrected chi connectivity index (χ3v) is 8.65. The van der Waals surface area contributed by atoms with E-state index in [4.69, 9.17) is 56.8 Å². The summed E-state index contributed by atoms with van der Waals surface area (Å²) in [5.41, 5.74) is 3.02. The van der Waals surface area contributed by atoms with E-state index in [1.54, 1.807) is 0 Å². The Morgan fingerprint density at radius 2 is 0.552 bits per heavy atom. The second-order valence-corrected chi connectivity index (χ2v) is 12.8. The number of rotatable bonds is 3. The molecule has 0 bridgehead atoms.